The maximum Gasteiger partial charge on any atom is 0.490 e. The van der Waals surface area contributed by atoms with Gasteiger partial charge in [0, 0.05) is 57.9 Å². The van der Waals surface area contributed by atoms with Crippen LogP contribution in [0.25, 0.3) is 0 Å². The topological polar surface area (TPSA) is 122 Å². The molecule has 0 radical (unpaired) electrons. The van der Waals surface area contributed by atoms with Crippen LogP contribution in [0.5, 0.6) is 0 Å². The summed E-state index contributed by atoms with van der Waals surface area (Å²) in [5.74, 6) is -2.50. The second kappa shape index (κ2) is 14.2. The van der Waals surface area contributed by atoms with Gasteiger partial charge in [-0.3, -0.25) is 9.52 Å². The number of aliphatic carboxylic acids is 1. The van der Waals surface area contributed by atoms with E-state index in [4.69, 9.17) is 9.90 Å². The number of rotatable bonds is 7. The highest BCUT2D eigenvalue weighted by atomic mass is 32.2. The van der Waals surface area contributed by atoms with Crippen LogP contribution in [0.15, 0.2) is 47.4 Å². The summed E-state index contributed by atoms with van der Waals surface area (Å²) in [5.41, 5.74) is 2.82. The van der Waals surface area contributed by atoms with E-state index in [1.54, 1.807) is 18.2 Å². The predicted molar refractivity (Wildman–Crippen MR) is 155 cm³/mol. The number of likely N-dealkylation sites (N-methyl/N-ethyl adjacent to an activating group) is 1. The van der Waals surface area contributed by atoms with Crippen molar-refractivity contribution >= 4 is 33.3 Å². The molecule has 2 aliphatic rings. The second-order valence-electron chi connectivity index (χ2n) is 10.3. The summed E-state index contributed by atoms with van der Waals surface area (Å²) in [6.45, 7) is 13.5. The molecule has 3 N–H and O–H groups in total. The fraction of sp³-hybridized carbons (Fsp3) is 0.500. The number of nitrogens with one attached hydrogen (secondary N) is 2. The Balaban J connectivity index is 0.000000616. The van der Waals surface area contributed by atoms with E-state index in [0.29, 0.717) is 30.3 Å². The van der Waals surface area contributed by atoms with Gasteiger partial charge in [0.2, 0.25) is 0 Å². The molecule has 0 aromatic heterocycles. The van der Waals surface area contributed by atoms with Crippen LogP contribution in [0.4, 0.5) is 24.5 Å². The molecule has 232 valence electrons. The molecule has 2 heterocycles. The number of carbonyl (C=O) groups is 2. The van der Waals surface area contributed by atoms with Gasteiger partial charge in [-0.05, 0) is 48.4 Å². The van der Waals surface area contributed by atoms with Crippen LogP contribution in [-0.4, -0.2) is 100 Å². The van der Waals surface area contributed by atoms with Crippen LogP contribution in [0.1, 0.15) is 42.6 Å². The Bertz CT molecular complexity index is 1320. The Morgan fingerprint density at radius 1 is 0.976 bits per heavy atom. The Labute approximate surface area is 244 Å². The molecule has 14 heteroatoms. The van der Waals surface area contributed by atoms with Crippen molar-refractivity contribution in [1.82, 2.24) is 15.1 Å². The van der Waals surface area contributed by atoms with E-state index in [9.17, 15) is 26.4 Å². The molecule has 2 aliphatic heterocycles. The highest BCUT2D eigenvalue weighted by Gasteiger charge is 2.38. The minimum absolute atomic E-state index is 0.0608. The first kappa shape index (κ1) is 33.1. The number of alkyl halides is 3. The lowest BCUT2D eigenvalue weighted by Gasteiger charge is -2.34. The van der Waals surface area contributed by atoms with Gasteiger partial charge in [-0.2, -0.15) is 13.2 Å². The zero-order valence-electron chi connectivity index (χ0n) is 23.9. The maximum atomic E-state index is 13.3. The van der Waals surface area contributed by atoms with E-state index in [-0.39, 0.29) is 10.8 Å². The molecule has 1 amide bonds. The number of piperazine rings is 2. The molecule has 0 saturated carbocycles. The van der Waals surface area contributed by atoms with Gasteiger partial charge < -0.3 is 25.1 Å². The summed E-state index contributed by atoms with van der Waals surface area (Å²) in [4.78, 5) is 28.7. The SMILES string of the molecule is CCN1CCN(C(=O)c2ccc(N3CCNCC3)c(NS(=O)(=O)c3ccc(C(C)C)cc3)c2)CC1.O=C(O)C(F)(F)F. The first-order valence-corrected chi connectivity index (χ1v) is 15.3. The predicted octanol–water partition coefficient (Wildman–Crippen LogP) is 3.43. The summed E-state index contributed by atoms with van der Waals surface area (Å²) >= 11 is 0. The molecule has 2 saturated heterocycles. The average Bonchev–Trinajstić information content (AvgIpc) is 2.97. The number of hydrogen-bond acceptors (Lipinski definition) is 7. The Morgan fingerprint density at radius 3 is 2.05 bits per heavy atom. The molecule has 0 spiro atoms. The van der Waals surface area contributed by atoms with E-state index in [1.807, 2.05) is 29.2 Å². The molecule has 0 atom stereocenters. The molecule has 42 heavy (non-hydrogen) atoms. The fourth-order valence-electron chi connectivity index (χ4n) is 4.62. The van der Waals surface area contributed by atoms with E-state index in [0.717, 1.165) is 57.1 Å². The van der Waals surface area contributed by atoms with Crippen molar-refractivity contribution in [2.45, 2.75) is 37.8 Å². The van der Waals surface area contributed by atoms with Gasteiger partial charge >= 0.3 is 12.1 Å². The van der Waals surface area contributed by atoms with Gasteiger partial charge in [0.1, 0.15) is 0 Å². The molecular formula is C28H38F3N5O5S. The van der Waals surface area contributed by atoms with E-state index < -0.39 is 22.2 Å². The van der Waals surface area contributed by atoms with Crippen molar-refractivity contribution in [2.24, 2.45) is 0 Å². The van der Waals surface area contributed by atoms with Crippen LogP contribution in [-0.2, 0) is 14.8 Å². The van der Waals surface area contributed by atoms with Crippen molar-refractivity contribution in [2.75, 3.05) is 68.5 Å². The van der Waals surface area contributed by atoms with E-state index in [1.165, 1.54) is 0 Å². The third-order valence-electron chi connectivity index (χ3n) is 7.15. The standard InChI is InChI=1S/C26H37N5O3S.C2HF3O2/c1-4-29-15-17-31(18-16-29)26(32)22-7-10-25(30-13-11-27-12-14-30)24(19-22)28-35(33,34)23-8-5-21(6-9-23)20(2)3;3-2(4,5)1(6)7/h5-10,19-20,27-28H,4,11-18H2,1-3H3;(H,6,7). The molecule has 2 aromatic carbocycles. The van der Waals surface area contributed by atoms with Gasteiger partial charge in [-0.15, -0.1) is 0 Å². The highest BCUT2D eigenvalue weighted by Crippen LogP contribution is 2.31. The monoisotopic (exact) mass is 613 g/mol. The minimum atomic E-state index is -5.08. The zero-order chi connectivity index (χ0) is 31.1. The Morgan fingerprint density at radius 2 is 1.55 bits per heavy atom. The third-order valence-corrected chi connectivity index (χ3v) is 8.53. The molecule has 0 unspecified atom stereocenters. The number of carboxylic acid groups (broad SMARTS) is 1. The molecule has 2 aromatic rings. The highest BCUT2D eigenvalue weighted by molar-refractivity contribution is 7.92. The molecule has 2 fully saturated rings. The van der Waals surface area contributed by atoms with Gasteiger partial charge in [0.15, 0.2) is 0 Å². The Kier molecular flexibility index (Phi) is 11.2. The van der Waals surface area contributed by atoms with Gasteiger partial charge in [-0.25, -0.2) is 13.2 Å². The molecule has 4 rings (SSSR count). The number of amides is 1. The summed E-state index contributed by atoms with van der Waals surface area (Å²) in [7, 11) is -3.82. The molecular weight excluding hydrogens is 575 g/mol. The van der Waals surface area contributed by atoms with E-state index >= 15 is 0 Å². The largest absolute Gasteiger partial charge is 0.490 e. The van der Waals surface area contributed by atoms with Gasteiger partial charge in [0.25, 0.3) is 15.9 Å². The van der Waals surface area contributed by atoms with Crippen LogP contribution < -0.4 is 14.9 Å². The van der Waals surface area contributed by atoms with Crippen LogP contribution in [0.3, 0.4) is 0 Å². The van der Waals surface area contributed by atoms with Gasteiger partial charge in [0.05, 0.1) is 16.3 Å². The van der Waals surface area contributed by atoms with Crippen molar-refractivity contribution in [3.63, 3.8) is 0 Å². The normalized spacial score (nSPS) is 16.5. The van der Waals surface area contributed by atoms with Crippen LogP contribution in [0.2, 0.25) is 0 Å². The number of anilines is 2. The van der Waals surface area contributed by atoms with Crippen LogP contribution in [0, 0.1) is 0 Å². The molecule has 10 nitrogen and oxygen atoms in total. The first-order valence-electron chi connectivity index (χ1n) is 13.8. The second-order valence-corrected chi connectivity index (χ2v) is 12.0. The van der Waals surface area contributed by atoms with Gasteiger partial charge in [-0.1, -0.05) is 32.9 Å². The van der Waals surface area contributed by atoms with E-state index in [2.05, 4.69) is 40.6 Å². The smallest absolute Gasteiger partial charge is 0.475 e. The van der Waals surface area contributed by atoms with Crippen molar-refractivity contribution in [3.8, 4) is 0 Å². The number of carboxylic acids is 1. The van der Waals surface area contributed by atoms with Crippen molar-refractivity contribution < 1.29 is 36.3 Å². The maximum absolute atomic E-state index is 13.3. The first-order chi connectivity index (χ1) is 19.7. The summed E-state index contributed by atoms with van der Waals surface area (Å²) in [6.07, 6.45) is -5.08. The number of carbonyl (C=O) groups excluding carboxylic acids is 1. The zero-order valence-corrected chi connectivity index (χ0v) is 24.8. The summed E-state index contributed by atoms with van der Waals surface area (Å²) in [6, 6.07) is 12.4. The number of sulfonamides is 1. The summed E-state index contributed by atoms with van der Waals surface area (Å²) < 4.78 is 61.2. The lowest BCUT2D eigenvalue weighted by atomic mass is 10.0. The lowest BCUT2D eigenvalue weighted by molar-refractivity contribution is -0.192. The fourth-order valence-corrected chi connectivity index (χ4v) is 5.68. The minimum Gasteiger partial charge on any atom is -0.475 e. The quantitative estimate of drug-likeness (QED) is 0.435. The lowest BCUT2D eigenvalue weighted by Crippen LogP contribution is -2.48. The molecule has 0 aliphatic carbocycles. The average molecular weight is 614 g/mol. The van der Waals surface area contributed by atoms with Crippen molar-refractivity contribution in [1.29, 1.82) is 0 Å². The van der Waals surface area contributed by atoms with Crippen LogP contribution >= 0.6 is 0 Å². The number of benzene rings is 2. The summed E-state index contributed by atoms with van der Waals surface area (Å²) in [5, 5.41) is 10.5. The van der Waals surface area contributed by atoms with Crippen molar-refractivity contribution in [3.05, 3.63) is 53.6 Å². The third kappa shape index (κ3) is 8.82. The number of nitrogens with zero attached hydrogens (tertiary/aromatic N) is 3. The molecule has 0 bridgehead atoms. The number of hydrogen-bond donors (Lipinski definition) is 3. The Hall–Kier alpha value is -3.36. The number of halogens is 3.